The molecule has 234 valence electrons. The second kappa shape index (κ2) is 10.3. The zero-order valence-electron chi connectivity index (χ0n) is 24.9. The van der Waals surface area contributed by atoms with Gasteiger partial charge in [-0.15, -0.1) is 0 Å². The molecule has 2 saturated carbocycles. The fourth-order valence-corrected chi connectivity index (χ4v) is 9.52. The molecule has 0 radical (unpaired) electrons. The third kappa shape index (κ3) is 4.45. The molecule has 4 aliphatic carbocycles. The van der Waals surface area contributed by atoms with E-state index in [1.165, 1.54) is 18.1 Å². The Morgan fingerprint density at radius 1 is 0.932 bits per heavy atom. The summed E-state index contributed by atoms with van der Waals surface area (Å²) in [4.78, 5) is 14.7. The van der Waals surface area contributed by atoms with Gasteiger partial charge in [-0.3, -0.25) is 9.69 Å². The predicted octanol–water partition coefficient (Wildman–Crippen LogP) is 8.07. The first-order valence-corrected chi connectivity index (χ1v) is 15.8. The number of alkyl halides is 5. The van der Waals surface area contributed by atoms with E-state index >= 15 is 8.78 Å². The Morgan fingerprint density at radius 2 is 1.66 bits per heavy atom. The van der Waals surface area contributed by atoms with E-state index in [0.29, 0.717) is 25.7 Å². The fourth-order valence-electron chi connectivity index (χ4n) is 9.52. The Balaban J connectivity index is 1.25. The number of nitrogens with zero attached hydrogens (tertiary/aromatic N) is 1. The molecule has 1 heterocycles. The van der Waals surface area contributed by atoms with Gasteiger partial charge in [0.1, 0.15) is 5.60 Å². The predicted molar refractivity (Wildman–Crippen MR) is 157 cm³/mol. The third-order valence-corrected chi connectivity index (χ3v) is 11.8. The summed E-state index contributed by atoms with van der Waals surface area (Å²) >= 11 is 0. The van der Waals surface area contributed by atoms with E-state index in [1.54, 1.807) is 6.08 Å². The highest BCUT2D eigenvalue weighted by Crippen LogP contribution is 2.70. The van der Waals surface area contributed by atoms with Gasteiger partial charge in [-0.2, -0.15) is 22.0 Å². The number of aliphatic hydroxyl groups is 1. The summed E-state index contributed by atoms with van der Waals surface area (Å²) in [5.41, 5.74) is 3.00. The van der Waals surface area contributed by atoms with E-state index in [9.17, 15) is 23.1 Å². The molecule has 3 nitrogen and oxygen atoms in total. The van der Waals surface area contributed by atoms with Gasteiger partial charge in [0.15, 0.2) is 5.78 Å². The van der Waals surface area contributed by atoms with Crippen molar-refractivity contribution >= 4 is 5.78 Å². The number of halogens is 5. The number of allylic oxidation sites excluding steroid dienone is 4. The summed E-state index contributed by atoms with van der Waals surface area (Å²) < 4.78 is 71.9. The molecule has 0 spiro atoms. The molecule has 2 aromatic carbocycles. The van der Waals surface area contributed by atoms with Crippen molar-refractivity contribution in [1.29, 1.82) is 0 Å². The molecule has 44 heavy (non-hydrogen) atoms. The number of hydrogen-bond donors (Lipinski definition) is 1. The molecule has 0 unspecified atom stereocenters. The van der Waals surface area contributed by atoms with Crippen LogP contribution in [0.5, 0.6) is 0 Å². The molecule has 0 amide bonds. The van der Waals surface area contributed by atoms with Crippen LogP contribution in [0.1, 0.15) is 80.0 Å². The molecule has 8 heteroatoms. The van der Waals surface area contributed by atoms with Crippen LogP contribution in [0.3, 0.4) is 0 Å². The minimum atomic E-state index is -5.85. The number of ketones is 1. The molecule has 2 fully saturated rings. The summed E-state index contributed by atoms with van der Waals surface area (Å²) in [5, 5.41) is 11.5. The number of rotatable bonds is 4. The Bertz CT molecular complexity index is 1540. The van der Waals surface area contributed by atoms with Gasteiger partial charge in [0, 0.05) is 37.4 Å². The van der Waals surface area contributed by atoms with Crippen molar-refractivity contribution in [3.05, 3.63) is 93.6 Å². The largest absolute Gasteiger partial charge is 0.456 e. The van der Waals surface area contributed by atoms with Gasteiger partial charge >= 0.3 is 12.1 Å². The molecule has 5 aliphatic rings. The highest BCUT2D eigenvalue weighted by atomic mass is 19.4. The molecule has 0 bridgehead atoms. The minimum absolute atomic E-state index is 0.00134. The number of carbonyl (C=O) groups excluding carboxylic acids is 1. The van der Waals surface area contributed by atoms with E-state index < -0.39 is 41.4 Å². The van der Waals surface area contributed by atoms with Crippen molar-refractivity contribution in [1.82, 2.24) is 4.90 Å². The highest BCUT2D eigenvalue weighted by Gasteiger charge is 2.79. The molecular formula is C36H38F5NO2. The number of carbonyl (C=O) groups is 1. The average Bonchev–Trinajstić information content (AvgIpc) is 3.27. The molecule has 0 aromatic heterocycles. The summed E-state index contributed by atoms with van der Waals surface area (Å²) in [6.07, 6.45) is -1.53. The van der Waals surface area contributed by atoms with Crippen LogP contribution < -0.4 is 0 Å². The van der Waals surface area contributed by atoms with Crippen molar-refractivity contribution in [3.63, 3.8) is 0 Å². The SMILES string of the molecule is C[C@]12C[C@H](c3ccc(CN4CCc5ccccc5C4)cc3)C3=C4CCC(=O)C=C4CC[C@H]3[C@@H]1CC[C@@]2(O)C(F)(F)C(F)(F)F. The van der Waals surface area contributed by atoms with Crippen LogP contribution in [0.15, 0.2) is 71.3 Å². The molecule has 2 aromatic rings. The van der Waals surface area contributed by atoms with E-state index in [-0.39, 0.29) is 24.5 Å². The summed E-state index contributed by atoms with van der Waals surface area (Å²) in [5.74, 6) is -6.29. The standard InChI is InChI=1S/C36H38F5NO2/c1-33-19-30(24-8-6-22(7-9-24)20-42-17-15-23-4-2-3-5-26(23)21-42)32-28-13-11-27(43)18-25(28)10-12-29(32)31(33)14-16-34(33,44)35(37,38)36(39,40)41/h2-9,18,29-31,44H,10-17,19-21H2,1H3/t29-,30+,31-,33-,34-/m0/s1. The Kier molecular flexibility index (Phi) is 7.02. The summed E-state index contributed by atoms with van der Waals surface area (Å²) in [6, 6.07) is 16.5. The monoisotopic (exact) mass is 611 g/mol. The lowest BCUT2D eigenvalue weighted by atomic mass is 9.50. The second-order valence-corrected chi connectivity index (χ2v) is 13.9. The van der Waals surface area contributed by atoms with Crippen molar-refractivity contribution in [2.75, 3.05) is 6.54 Å². The lowest BCUT2D eigenvalue weighted by Crippen LogP contribution is -2.65. The summed E-state index contributed by atoms with van der Waals surface area (Å²) in [7, 11) is 0. The van der Waals surface area contributed by atoms with E-state index in [0.717, 1.165) is 53.9 Å². The minimum Gasteiger partial charge on any atom is -0.383 e. The van der Waals surface area contributed by atoms with Crippen LogP contribution >= 0.6 is 0 Å². The highest BCUT2D eigenvalue weighted by molar-refractivity contribution is 5.93. The number of fused-ring (bicyclic) bond motifs is 5. The van der Waals surface area contributed by atoms with Crippen LogP contribution in [0.25, 0.3) is 0 Å². The van der Waals surface area contributed by atoms with Gasteiger partial charge in [-0.1, -0.05) is 61.0 Å². The van der Waals surface area contributed by atoms with Crippen molar-refractivity contribution in [2.24, 2.45) is 17.3 Å². The van der Waals surface area contributed by atoms with Crippen LogP contribution in [0.2, 0.25) is 0 Å². The summed E-state index contributed by atoms with van der Waals surface area (Å²) in [6.45, 7) is 4.02. The maximum atomic E-state index is 15.2. The first-order valence-electron chi connectivity index (χ1n) is 15.8. The van der Waals surface area contributed by atoms with E-state index in [4.69, 9.17) is 0 Å². The quantitative estimate of drug-likeness (QED) is 0.356. The first kappa shape index (κ1) is 29.8. The Morgan fingerprint density at radius 3 is 2.39 bits per heavy atom. The normalized spacial score (nSPS) is 32.5. The topological polar surface area (TPSA) is 40.5 Å². The lowest BCUT2D eigenvalue weighted by molar-refractivity contribution is -0.362. The molecule has 1 N–H and O–H groups in total. The van der Waals surface area contributed by atoms with Crippen LogP contribution in [-0.4, -0.2) is 40.0 Å². The van der Waals surface area contributed by atoms with Crippen molar-refractivity contribution < 1.29 is 31.9 Å². The number of benzene rings is 2. The van der Waals surface area contributed by atoms with Crippen LogP contribution in [0, 0.1) is 17.3 Å². The Hall–Kier alpha value is -2.84. The molecule has 1 aliphatic heterocycles. The van der Waals surface area contributed by atoms with Gasteiger partial charge in [-0.05, 0) is 96.3 Å². The smallest absolute Gasteiger partial charge is 0.383 e. The van der Waals surface area contributed by atoms with Gasteiger partial charge < -0.3 is 5.11 Å². The first-order chi connectivity index (χ1) is 20.8. The van der Waals surface area contributed by atoms with Crippen LogP contribution in [0.4, 0.5) is 22.0 Å². The van der Waals surface area contributed by atoms with Gasteiger partial charge in [0.25, 0.3) is 0 Å². The average molecular weight is 612 g/mol. The van der Waals surface area contributed by atoms with Crippen LogP contribution in [-0.2, 0) is 24.3 Å². The fraction of sp³-hybridized carbons (Fsp3) is 0.528. The Labute approximate surface area is 254 Å². The van der Waals surface area contributed by atoms with Crippen molar-refractivity contribution in [2.45, 2.75) is 95.0 Å². The molecule has 5 atom stereocenters. The maximum Gasteiger partial charge on any atom is 0.456 e. The third-order valence-electron chi connectivity index (χ3n) is 11.8. The zero-order chi connectivity index (χ0) is 31.1. The number of hydrogen-bond acceptors (Lipinski definition) is 3. The second-order valence-electron chi connectivity index (χ2n) is 13.9. The molecular weight excluding hydrogens is 573 g/mol. The maximum absolute atomic E-state index is 15.2. The van der Waals surface area contributed by atoms with Gasteiger partial charge in [-0.25, -0.2) is 0 Å². The molecule has 0 saturated heterocycles. The van der Waals surface area contributed by atoms with Crippen molar-refractivity contribution in [3.8, 4) is 0 Å². The van der Waals surface area contributed by atoms with E-state index in [1.807, 2.05) is 24.3 Å². The zero-order valence-corrected chi connectivity index (χ0v) is 24.9. The van der Waals surface area contributed by atoms with Gasteiger partial charge in [0.2, 0.25) is 0 Å². The lowest BCUT2D eigenvalue weighted by Gasteiger charge is -2.56. The van der Waals surface area contributed by atoms with Gasteiger partial charge in [0.05, 0.1) is 0 Å². The van der Waals surface area contributed by atoms with E-state index in [2.05, 4.69) is 29.2 Å². The molecule has 7 rings (SSSR count).